The fourth-order valence-corrected chi connectivity index (χ4v) is 5.26. The number of halogens is 1. The van der Waals surface area contributed by atoms with Crippen LogP contribution in [0.4, 0.5) is 10.3 Å². The van der Waals surface area contributed by atoms with E-state index in [4.69, 9.17) is 4.74 Å². The quantitative estimate of drug-likeness (QED) is 0.379. The second-order valence-electron chi connectivity index (χ2n) is 10.2. The van der Waals surface area contributed by atoms with Crippen LogP contribution in [0.15, 0.2) is 53.6 Å². The number of aliphatic hydroxyl groups is 1. The minimum Gasteiger partial charge on any atom is -0.460 e. The molecule has 1 N–H and O–H groups in total. The van der Waals surface area contributed by atoms with Crippen molar-refractivity contribution in [3.63, 3.8) is 0 Å². The number of fused-ring (bicyclic) bond motifs is 1. The van der Waals surface area contributed by atoms with Gasteiger partial charge in [0.25, 0.3) is 5.56 Å². The monoisotopic (exact) mass is 548 g/mol. The molecule has 10 nitrogen and oxygen atoms in total. The van der Waals surface area contributed by atoms with Crippen molar-refractivity contribution in [1.82, 2.24) is 24.2 Å². The number of benzene rings is 2. The van der Waals surface area contributed by atoms with E-state index in [2.05, 4.69) is 9.97 Å². The van der Waals surface area contributed by atoms with Gasteiger partial charge in [-0.1, -0.05) is 23.8 Å². The van der Waals surface area contributed by atoms with Crippen molar-refractivity contribution in [2.75, 3.05) is 31.1 Å². The number of ether oxygens (including phenoxy) is 1. The molecule has 0 aliphatic carbocycles. The Bertz CT molecular complexity index is 1600. The third kappa shape index (κ3) is 5.29. The topological polar surface area (TPSA) is 106 Å². The summed E-state index contributed by atoms with van der Waals surface area (Å²) in [6.07, 6.45) is 2.04. The molecule has 3 heterocycles. The van der Waals surface area contributed by atoms with Crippen LogP contribution in [0.2, 0.25) is 0 Å². The number of hydrogen-bond donors (Lipinski definition) is 1. The lowest BCUT2D eigenvalue weighted by molar-refractivity contribution is -0.136. The Hall–Kier alpha value is -4.25. The van der Waals surface area contributed by atoms with E-state index in [1.165, 1.54) is 6.92 Å². The molecule has 1 aliphatic rings. The summed E-state index contributed by atoms with van der Waals surface area (Å²) in [6.45, 7) is 6.69. The van der Waals surface area contributed by atoms with Crippen molar-refractivity contribution in [2.45, 2.75) is 39.7 Å². The van der Waals surface area contributed by atoms with Crippen molar-refractivity contribution < 1.29 is 19.0 Å². The van der Waals surface area contributed by atoms with Crippen molar-refractivity contribution in [3.8, 4) is 16.9 Å². The van der Waals surface area contributed by atoms with E-state index in [1.807, 2.05) is 47.7 Å². The molecule has 2 aromatic heterocycles. The molecule has 40 heavy (non-hydrogen) atoms. The van der Waals surface area contributed by atoms with E-state index in [-0.39, 0.29) is 17.5 Å². The number of alkyl halides is 1. The number of hydrogen-bond acceptors (Lipinski definition) is 7. The van der Waals surface area contributed by atoms with Crippen LogP contribution in [-0.2, 0) is 18.4 Å². The van der Waals surface area contributed by atoms with E-state index in [9.17, 15) is 19.1 Å². The average molecular weight is 549 g/mol. The number of aliphatic hydroxyl groups excluding tert-OH is 1. The highest BCUT2D eigenvalue weighted by Crippen LogP contribution is 2.27. The SMILES string of the molecule is Cc1ccc(OC(C)F)c(Cn2c3cc(-c4cnc(N5CCN(C(=O)CO)[C@@H](C)C5)nc4)ccc3c(=O)n2C)c1. The molecule has 1 aliphatic heterocycles. The predicted molar refractivity (Wildman–Crippen MR) is 150 cm³/mol. The maximum absolute atomic E-state index is 13.7. The highest BCUT2D eigenvalue weighted by Gasteiger charge is 2.28. The molecule has 1 amide bonds. The summed E-state index contributed by atoms with van der Waals surface area (Å²) in [5.74, 6) is 0.728. The van der Waals surface area contributed by atoms with Gasteiger partial charge in [-0.2, -0.15) is 0 Å². The molecule has 0 spiro atoms. The largest absolute Gasteiger partial charge is 0.460 e. The van der Waals surface area contributed by atoms with Crippen LogP contribution in [0.3, 0.4) is 0 Å². The van der Waals surface area contributed by atoms with Gasteiger partial charge in [-0.3, -0.25) is 19.0 Å². The summed E-state index contributed by atoms with van der Waals surface area (Å²) in [5, 5.41) is 9.76. The summed E-state index contributed by atoms with van der Waals surface area (Å²) in [4.78, 5) is 37.8. The van der Waals surface area contributed by atoms with Gasteiger partial charge in [0.15, 0.2) is 0 Å². The van der Waals surface area contributed by atoms with Gasteiger partial charge in [0, 0.05) is 63.2 Å². The molecule has 1 fully saturated rings. The Morgan fingerprint density at radius 3 is 2.58 bits per heavy atom. The Labute approximate surface area is 231 Å². The second kappa shape index (κ2) is 11.1. The van der Waals surface area contributed by atoms with Gasteiger partial charge in [-0.25, -0.2) is 14.4 Å². The standard InChI is InChI=1S/C29H33FN6O4/c1-18-5-8-26(40-20(3)30)22(11-18)16-36-25-12-21(6-7-24(25)28(39)33(36)4)23-13-31-29(32-14-23)34-9-10-35(19(2)15-34)27(38)17-37/h5-8,11-14,19-20,37H,9-10,15-17H2,1-4H3/t19-,20?/m0/s1. The summed E-state index contributed by atoms with van der Waals surface area (Å²) >= 11 is 0. The summed E-state index contributed by atoms with van der Waals surface area (Å²) < 4.78 is 22.5. The molecule has 0 saturated carbocycles. The zero-order valence-corrected chi connectivity index (χ0v) is 23.0. The van der Waals surface area contributed by atoms with E-state index >= 15 is 0 Å². The highest BCUT2D eigenvalue weighted by atomic mass is 19.1. The molecule has 4 aromatic rings. The third-order valence-corrected chi connectivity index (χ3v) is 7.33. The second-order valence-corrected chi connectivity index (χ2v) is 10.2. The maximum Gasteiger partial charge on any atom is 0.274 e. The first kappa shape index (κ1) is 27.3. The van der Waals surface area contributed by atoms with Crippen molar-refractivity contribution >= 4 is 22.8 Å². The lowest BCUT2D eigenvalue weighted by atomic mass is 10.1. The molecule has 0 radical (unpaired) electrons. The van der Waals surface area contributed by atoms with Crippen molar-refractivity contribution in [1.29, 1.82) is 0 Å². The normalized spacial score (nSPS) is 16.4. The molecule has 210 valence electrons. The average Bonchev–Trinajstić information content (AvgIpc) is 3.18. The lowest BCUT2D eigenvalue weighted by Crippen LogP contribution is -2.55. The number of piperazine rings is 1. The summed E-state index contributed by atoms with van der Waals surface area (Å²) in [6, 6.07) is 11.1. The number of aryl methyl sites for hydroxylation is 1. The fourth-order valence-electron chi connectivity index (χ4n) is 5.26. The van der Waals surface area contributed by atoms with Crippen LogP contribution in [0.1, 0.15) is 25.0 Å². The first-order valence-corrected chi connectivity index (χ1v) is 13.2. The zero-order valence-electron chi connectivity index (χ0n) is 23.0. The highest BCUT2D eigenvalue weighted by molar-refractivity contribution is 5.84. The molecule has 2 atom stereocenters. The number of nitrogens with zero attached hydrogens (tertiary/aromatic N) is 6. The number of anilines is 1. The predicted octanol–water partition coefficient (Wildman–Crippen LogP) is 2.88. The Balaban J connectivity index is 1.43. The van der Waals surface area contributed by atoms with Crippen molar-refractivity contribution in [3.05, 3.63) is 70.3 Å². The fraction of sp³-hybridized carbons (Fsp3) is 0.379. The minimum atomic E-state index is -1.46. The third-order valence-electron chi connectivity index (χ3n) is 7.33. The lowest BCUT2D eigenvalue weighted by Gasteiger charge is -2.39. The zero-order chi connectivity index (χ0) is 28.6. The Kier molecular flexibility index (Phi) is 7.57. The van der Waals surface area contributed by atoms with Gasteiger partial charge in [0.2, 0.25) is 18.2 Å². The van der Waals surface area contributed by atoms with Crippen molar-refractivity contribution in [2.24, 2.45) is 7.05 Å². The summed E-state index contributed by atoms with van der Waals surface area (Å²) in [5.41, 5.74) is 4.02. The Morgan fingerprint density at radius 2 is 1.90 bits per heavy atom. The van der Waals surface area contributed by atoms with E-state index in [0.717, 1.165) is 27.8 Å². The van der Waals surface area contributed by atoms with Crippen LogP contribution >= 0.6 is 0 Å². The molecule has 0 bridgehead atoms. The molecule has 5 rings (SSSR count). The minimum absolute atomic E-state index is 0.0682. The van der Waals surface area contributed by atoms with E-state index in [0.29, 0.717) is 43.3 Å². The van der Waals surface area contributed by atoms with E-state index < -0.39 is 13.0 Å². The number of rotatable bonds is 7. The van der Waals surface area contributed by atoms with Crippen LogP contribution in [0.5, 0.6) is 5.75 Å². The van der Waals surface area contributed by atoms with Crippen LogP contribution in [-0.4, -0.2) is 73.9 Å². The Morgan fingerprint density at radius 1 is 1.15 bits per heavy atom. The first-order valence-electron chi connectivity index (χ1n) is 13.2. The smallest absolute Gasteiger partial charge is 0.274 e. The van der Waals surface area contributed by atoms with E-state index in [1.54, 1.807) is 41.2 Å². The van der Waals surface area contributed by atoms with Crippen LogP contribution in [0, 0.1) is 6.92 Å². The van der Waals surface area contributed by atoms with Gasteiger partial charge in [0.1, 0.15) is 12.4 Å². The maximum atomic E-state index is 13.7. The molecule has 1 unspecified atom stereocenters. The number of carbonyl (C=O) groups excluding carboxylic acids is 1. The molecule has 2 aromatic carbocycles. The number of amides is 1. The van der Waals surface area contributed by atoms with Gasteiger partial charge in [-0.05, 0) is 37.6 Å². The van der Waals surface area contributed by atoms with Gasteiger partial charge >= 0.3 is 0 Å². The summed E-state index contributed by atoms with van der Waals surface area (Å²) in [7, 11) is 1.71. The molecule has 1 saturated heterocycles. The molecular formula is C29H33FN6O4. The first-order chi connectivity index (χ1) is 19.2. The van der Waals surface area contributed by atoms with Gasteiger partial charge < -0.3 is 19.6 Å². The van der Waals surface area contributed by atoms with Crippen LogP contribution < -0.4 is 15.2 Å². The van der Waals surface area contributed by atoms with Crippen LogP contribution in [0.25, 0.3) is 22.0 Å². The number of carbonyl (C=O) groups is 1. The molecular weight excluding hydrogens is 515 g/mol. The number of aromatic nitrogens is 4. The molecule has 11 heteroatoms. The van der Waals surface area contributed by atoms with Gasteiger partial charge in [0.05, 0.1) is 17.4 Å². The van der Waals surface area contributed by atoms with Gasteiger partial charge in [-0.15, -0.1) is 0 Å².